The van der Waals surface area contributed by atoms with Crippen molar-refractivity contribution in [1.29, 1.82) is 0 Å². The van der Waals surface area contributed by atoms with E-state index in [-0.39, 0.29) is 17.0 Å². The number of aryl methyl sites for hydroxylation is 1. The van der Waals surface area contributed by atoms with Crippen molar-refractivity contribution in [3.63, 3.8) is 0 Å². The van der Waals surface area contributed by atoms with Crippen molar-refractivity contribution in [3.8, 4) is 17.0 Å². The van der Waals surface area contributed by atoms with Gasteiger partial charge in [0.15, 0.2) is 5.43 Å². The van der Waals surface area contributed by atoms with Crippen molar-refractivity contribution in [3.05, 3.63) is 51.3 Å². The molecular formula is C19H22N2O3. The molecule has 0 radical (unpaired) electrons. The Morgan fingerprint density at radius 2 is 2.08 bits per heavy atom. The van der Waals surface area contributed by atoms with Crippen molar-refractivity contribution in [1.82, 2.24) is 4.57 Å². The number of nitrogens with zero attached hydrogens (tertiary/aromatic N) is 1. The Balaban J connectivity index is 2.29. The van der Waals surface area contributed by atoms with Gasteiger partial charge in [-0.15, -0.1) is 0 Å². The van der Waals surface area contributed by atoms with Crippen LogP contribution in [0.3, 0.4) is 0 Å². The zero-order chi connectivity index (χ0) is 17.4. The summed E-state index contributed by atoms with van der Waals surface area (Å²) in [4.78, 5) is 23.8. The number of aromatic nitrogens is 1. The second-order valence-electron chi connectivity index (χ2n) is 6.15. The fourth-order valence-corrected chi connectivity index (χ4v) is 3.49. The second-order valence-corrected chi connectivity index (χ2v) is 6.15. The minimum absolute atomic E-state index is 0.0462. The summed E-state index contributed by atoms with van der Waals surface area (Å²) in [5, 5.41) is 0. The van der Waals surface area contributed by atoms with Crippen molar-refractivity contribution in [2.24, 2.45) is 5.73 Å². The van der Waals surface area contributed by atoms with Gasteiger partial charge >= 0.3 is 0 Å². The van der Waals surface area contributed by atoms with Crippen LogP contribution < -0.4 is 15.9 Å². The number of nitrogens with two attached hydrogens (primary N) is 1. The van der Waals surface area contributed by atoms with Crippen LogP contribution in [0.4, 0.5) is 0 Å². The first-order chi connectivity index (χ1) is 11.5. The second kappa shape index (κ2) is 6.15. The highest BCUT2D eigenvalue weighted by atomic mass is 16.5. The average molecular weight is 326 g/mol. The minimum atomic E-state index is -0.681. The fourth-order valence-electron chi connectivity index (χ4n) is 3.49. The molecule has 24 heavy (non-hydrogen) atoms. The molecule has 2 aromatic rings. The maximum atomic E-state index is 12.3. The highest BCUT2D eigenvalue weighted by Gasteiger charge is 2.25. The van der Waals surface area contributed by atoms with Crippen molar-refractivity contribution in [2.75, 3.05) is 7.11 Å². The van der Waals surface area contributed by atoms with E-state index < -0.39 is 5.91 Å². The largest absolute Gasteiger partial charge is 0.496 e. The van der Waals surface area contributed by atoms with Gasteiger partial charge in [0, 0.05) is 23.9 Å². The number of benzene rings is 1. The molecule has 0 saturated heterocycles. The third kappa shape index (κ3) is 2.50. The van der Waals surface area contributed by atoms with Crippen LogP contribution in [0.1, 0.15) is 47.8 Å². The lowest BCUT2D eigenvalue weighted by molar-refractivity contribution is 0.0998. The van der Waals surface area contributed by atoms with Gasteiger partial charge in [0.25, 0.3) is 5.91 Å². The third-order valence-electron chi connectivity index (χ3n) is 4.83. The lowest BCUT2D eigenvalue weighted by Crippen LogP contribution is -2.27. The molecule has 2 heterocycles. The number of pyridine rings is 1. The van der Waals surface area contributed by atoms with Gasteiger partial charge < -0.3 is 15.0 Å². The third-order valence-corrected chi connectivity index (χ3v) is 4.83. The molecule has 5 nitrogen and oxygen atoms in total. The summed E-state index contributed by atoms with van der Waals surface area (Å²) in [5.74, 6) is 0.204. The molecule has 3 rings (SSSR count). The van der Waals surface area contributed by atoms with E-state index >= 15 is 0 Å². The Morgan fingerprint density at radius 3 is 2.67 bits per heavy atom. The highest BCUT2D eigenvalue weighted by Crippen LogP contribution is 2.38. The number of carbonyl (C=O) groups is 1. The summed E-state index contributed by atoms with van der Waals surface area (Å²) in [6, 6.07) is 5.89. The summed E-state index contributed by atoms with van der Waals surface area (Å²) < 4.78 is 7.53. The van der Waals surface area contributed by atoms with E-state index in [2.05, 4.69) is 26.0 Å². The fraction of sp³-hybridized carbons (Fsp3) is 0.368. The molecule has 1 aliphatic rings. The monoisotopic (exact) mass is 326 g/mol. The first-order valence-corrected chi connectivity index (χ1v) is 8.26. The van der Waals surface area contributed by atoms with E-state index in [0.717, 1.165) is 41.8 Å². The molecule has 126 valence electrons. The number of primary amides is 1. The van der Waals surface area contributed by atoms with E-state index in [9.17, 15) is 9.59 Å². The smallest absolute Gasteiger partial charge is 0.254 e. The molecule has 0 fully saturated rings. The molecule has 1 atom stereocenters. The zero-order valence-electron chi connectivity index (χ0n) is 14.3. The van der Waals surface area contributed by atoms with Gasteiger partial charge in [-0.25, -0.2) is 0 Å². The maximum absolute atomic E-state index is 12.3. The summed E-state index contributed by atoms with van der Waals surface area (Å²) >= 11 is 0. The van der Waals surface area contributed by atoms with E-state index in [1.807, 2.05) is 4.57 Å². The molecule has 2 N–H and O–H groups in total. The number of fused-ring (bicyclic) bond motifs is 3. The van der Waals surface area contributed by atoms with Gasteiger partial charge in [-0.05, 0) is 42.5 Å². The summed E-state index contributed by atoms with van der Waals surface area (Å²) in [6.45, 7) is 4.17. The molecule has 0 spiro atoms. The molecular weight excluding hydrogens is 304 g/mol. The minimum Gasteiger partial charge on any atom is -0.496 e. The Bertz CT molecular complexity index is 868. The molecule has 0 saturated carbocycles. The van der Waals surface area contributed by atoms with E-state index in [1.165, 1.54) is 11.6 Å². The van der Waals surface area contributed by atoms with Crippen molar-refractivity contribution < 1.29 is 9.53 Å². The molecule has 1 aromatic heterocycles. The summed E-state index contributed by atoms with van der Waals surface area (Å²) in [6.07, 6.45) is 4.19. The molecule has 5 heteroatoms. The Morgan fingerprint density at radius 1 is 1.33 bits per heavy atom. The van der Waals surface area contributed by atoms with Crippen LogP contribution in [0.5, 0.6) is 5.75 Å². The van der Waals surface area contributed by atoms with Crippen LogP contribution >= 0.6 is 0 Å². The van der Waals surface area contributed by atoms with Gasteiger partial charge in [-0.2, -0.15) is 0 Å². The zero-order valence-corrected chi connectivity index (χ0v) is 14.3. The van der Waals surface area contributed by atoms with E-state index in [1.54, 1.807) is 13.3 Å². The average Bonchev–Trinajstić information content (AvgIpc) is 2.58. The quantitative estimate of drug-likeness (QED) is 0.938. The van der Waals surface area contributed by atoms with Crippen LogP contribution in [0.15, 0.2) is 29.2 Å². The van der Waals surface area contributed by atoms with Crippen LogP contribution in [0.2, 0.25) is 0 Å². The van der Waals surface area contributed by atoms with Crippen LogP contribution in [0, 0.1) is 0 Å². The van der Waals surface area contributed by atoms with Gasteiger partial charge in [0.2, 0.25) is 0 Å². The lowest BCUT2D eigenvalue weighted by atomic mass is 9.89. The van der Waals surface area contributed by atoms with Crippen LogP contribution in [0.25, 0.3) is 11.3 Å². The van der Waals surface area contributed by atoms with Gasteiger partial charge in [-0.3, -0.25) is 9.59 Å². The molecule has 0 bridgehead atoms. The maximum Gasteiger partial charge on any atom is 0.254 e. The summed E-state index contributed by atoms with van der Waals surface area (Å²) in [5.41, 5.74) is 9.21. The first kappa shape index (κ1) is 16.3. The highest BCUT2D eigenvalue weighted by molar-refractivity contribution is 5.92. The van der Waals surface area contributed by atoms with Crippen molar-refractivity contribution >= 4 is 5.91 Å². The van der Waals surface area contributed by atoms with Crippen LogP contribution in [-0.2, 0) is 12.8 Å². The number of rotatable bonds is 4. The van der Waals surface area contributed by atoms with Crippen molar-refractivity contribution in [2.45, 2.75) is 39.2 Å². The van der Waals surface area contributed by atoms with Crippen LogP contribution in [-0.4, -0.2) is 17.6 Å². The van der Waals surface area contributed by atoms with E-state index in [4.69, 9.17) is 10.5 Å². The Hall–Kier alpha value is -2.56. The standard InChI is InChI=1S/C19H22N2O3/c1-4-11-7-14-12(8-18(11)24-3)6-13(5-2)21-10-15(19(20)23)17(22)9-16(14)21/h7-10,13H,4-6H2,1-3H3,(H2,20,23). The molecule has 1 unspecified atom stereocenters. The number of carbonyl (C=O) groups excluding carboxylic acids is 1. The lowest BCUT2D eigenvalue weighted by Gasteiger charge is -2.31. The summed E-state index contributed by atoms with van der Waals surface area (Å²) in [7, 11) is 1.68. The van der Waals surface area contributed by atoms with Gasteiger partial charge in [0.1, 0.15) is 11.3 Å². The predicted octanol–water partition coefficient (Wildman–Crippen LogP) is 2.69. The number of amides is 1. The van der Waals surface area contributed by atoms with E-state index in [0.29, 0.717) is 0 Å². The number of hydrogen-bond donors (Lipinski definition) is 1. The van der Waals surface area contributed by atoms with Gasteiger partial charge in [0.05, 0.1) is 12.8 Å². The molecule has 1 aliphatic heterocycles. The number of ether oxygens (including phenoxy) is 1. The molecule has 0 aliphatic carbocycles. The Kier molecular flexibility index (Phi) is 4.18. The number of methoxy groups -OCH3 is 1. The molecule has 1 aromatic carbocycles. The number of hydrogen-bond acceptors (Lipinski definition) is 3. The topological polar surface area (TPSA) is 74.3 Å². The SMILES string of the molecule is CCc1cc2c(cc1OC)CC(CC)n1cc(C(N)=O)c(=O)cc1-2. The predicted molar refractivity (Wildman–Crippen MR) is 93.6 cm³/mol. The molecule has 1 amide bonds. The Labute approximate surface area is 141 Å². The normalized spacial score (nSPS) is 15.5. The van der Waals surface area contributed by atoms with Gasteiger partial charge in [-0.1, -0.05) is 13.8 Å². The first-order valence-electron chi connectivity index (χ1n) is 8.26.